The lowest BCUT2D eigenvalue weighted by atomic mass is 9.80. The molecule has 0 spiro atoms. The van der Waals surface area contributed by atoms with Gasteiger partial charge in [-0.15, -0.1) is 10.2 Å². The molecule has 1 fully saturated rings. The van der Waals surface area contributed by atoms with Gasteiger partial charge in [0.25, 0.3) is 5.91 Å². The molecule has 1 aliphatic carbocycles. The molecule has 0 radical (unpaired) electrons. The van der Waals surface area contributed by atoms with Gasteiger partial charge < -0.3 is 15.7 Å². The SMILES string of the molecule is CNC(=O)c1ccc(NCC2(O)CCC2)nn1. The highest BCUT2D eigenvalue weighted by Crippen LogP contribution is 2.31. The first-order valence-electron chi connectivity index (χ1n) is 5.65. The van der Waals surface area contributed by atoms with E-state index in [1.54, 1.807) is 19.2 Å². The molecule has 1 aliphatic rings. The van der Waals surface area contributed by atoms with Crippen LogP contribution in [0.5, 0.6) is 0 Å². The van der Waals surface area contributed by atoms with Crippen LogP contribution in [0.4, 0.5) is 5.82 Å². The van der Waals surface area contributed by atoms with E-state index in [1.807, 2.05) is 0 Å². The van der Waals surface area contributed by atoms with E-state index in [1.165, 1.54) is 0 Å². The number of amides is 1. The fourth-order valence-corrected chi connectivity index (χ4v) is 1.69. The Morgan fingerprint density at radius 3 is 2.71 bits per heavy atom. The fraction of sp³-hybridized carbons (Fsp3) is 0.545. The first kappa shape index (κ1) is 11.8. The number of hydrogen-bond acceptors (Lipinski definition) is 5. The maximum absolute atomic E-state index is 11.2. The van der Waals surface area contributed by atoms with Crippen molar-refractivity contribution in [3.63, 3.8) is 0 Å². The average molecular weight is 236 g/mol. The van der Waals surface area contributed by atoms with E-state index >= 15 is 0 Å². The number of rotatable bonds is 4. The van der Waals surface area contributed by atoms with Crippen LogP contribution >= 0.6 is 0 Å². The molecule has 1 aromatic rings. The normalized spacial score (nSPS) is 17.1. The largest absolute Gasteiger partial charge is 0.388 e. The lowest BCUT2D eigenvalue weighted by Gasteiger charge is -2.36. The zero-order valence-electron chi connectivity index (χ0n) is 9.73. The van der Waals surface area contributed by atoms with E-state index in [4.69, 9.17) is 0 Å². The monoisotopic (exact) mass is 236 g/mol. The lowest BCUT2D eigenvalue weighted by Crippen LogP contribution is -2.43. The number of aromatic nitrogens is 2. The summed E-state index contributed by atoms with van der Waals surface area (Å²) in [6.45, 7) is 0.473. The molecule has 0 atom stereocenters. The van der Waals surface area contributed by atoms with Crippen LogP contribution in [0.1, 0.15) is 29.8 Å². The molecular weight excluding hydrogens is 220 g/mol. The van der Waals surface area contributed by atoms with Gasteiger partial charge in [-0.1, -0.05) is 0 Å². The zero-order valence-corrected chi connectivity index (χ0v) is 9.73. The van der Waals surface area contributed by atoms with Crippen molar-refractivity contribution in [2.24, 2.45) is 0 Å². The van der Waals surface area contributed by atoms with E-state index in [-0.39, 0.29) is 11.6 Å². The average Bonchev–Trinajstić information content (AvgIpc) is 2.33. The minimum atomic E-state index is -0.596. The summed E-state index contributed by atoms with van der Waals surface area (Å²) < 4.78 is 0. The molecule has 1 amide bonds. The molecular formula is C11H16N4O2. The standard InChI is InChI=1S/C11H16N4O2/c1-12-10(16)8-3-4-9(15-14-8)13-7-11(17)5-2-6-11/h3-4,17H,2,5-7H2,1H3,(H,12,16)(H,13,15). The van der Waals surface area contributed by atoms with Crippen LogP contribution in [-0.4, -0.2) is 40.4 Å². The molecule has 6 heteroatoms. The molecule has 0 saturated heterocycles. The van der Waals surface area contributed by atoms with E-state index < -0.39 is 5.60 Å². The summed E-state index contributed by atoms with van der Waals surface area (Å²) in [5.74, 6) is 0.305. The van der Waals surface area contributed by atoms with Gasteiger partial charge in [0.15, 0.2) is 5.69 Å². The summed E-state index contributed by atoms with van der Waals surface area (Å²) in [4.78, 5) is 11.2. The highest BCUT2D eigenvalue weighted by molar-refractivity contribution is 5.91. The third kappa shape index (κ3) is 2.71. The van der Waals surface area contributed by atoms with Gasteiger partial charge in [-0.25, -0.2) is 0 Å². The van der Waals surface area contributed by atoms with E-state index in [9.17, 15) is 9.90 Å². The summed E-state index contributed by atoms with van der Waals surface area (Å²) >= 11 is 0. The van der Waals surface area contributed by atoms with Gasteiger partial charge in [0.1, 0.15) is 5.82 Å². The fourth-order valence-electron chi connectivity index (χ4n) is 1.69. The Kier molecular flexibility index (Phi) is 3.23. The van der Waals surface area contributed by atoms with Crippen molar-refractivity contribution in [1.29, 1.82) is 0 Å². The van der Waals surface area contributed by atoms with Crippen LogP contribution in [0.25, 0.3) is 0 Å². The first-order chi connectivity index (χ1) is 8.13. The van der Waals surface area contributed by atoms with E-state index in [0.717, 1.165) is 19.3 Å². The third-order valence-electron chi connectivity index (χ3n) is 3.01. The maximum Gasteiger partial charge on any atom is 0.271 e. The zero-order chi connectivity index (χ0) is 12.3. The number of hydrogen-bond donors (Lipinski definition) is 3. The van der Waals surface area contributed by atoms with Gasteiger partial charge in [0.2, 0.25) is 0 Å². The predicted octanol–water partition coefficient (Wildman–Crippen LogP) is 0.163. The molecule has 0 aromatic carbocycles. The molecule has 17 heavy (non-hydrogen) atoms. The topological polar surface area (TPSA) is 87.1 Å². The summed E-state index contributed by atoms with van der Waals surface area (Å²) in [5, 5.41) is 23.0. The molecule has 0 unspecified atom stereocenters. The predicted molar refractivity (Wildman–Crippen MR) is 62.7 cm³/mol. The van der Waals surface area contributed by atoms with Crippen molar-refractivity contribution in [3.05, 3.63) is 17.8 Å². The smallest absolute Gasteiger partial charge is 0.271 e. The van der Waals surface area contributed by atoms with Crippen LogP contribution in [0, 0.1) is 0 Å². The second-order valence-electron chi connectivity index (χ2n) is 4.31. The van der Waals surface area contributed by atoms with Crippen molar-refractivity contribution < 1.29 is 9.90 Å². The Morgan fingerprint density at radius 1 is 1.47 bits per heavy atom. The minimum Gasteiger partial charge on any atom is -0.388 e. The van der Waals surface area contributed by atoms with Crippen molar-refractivity contribution in [3.8, 4) is 0 Å². The quantitative estimate of drug-likeness (QED) is 0.693. The Hall–Kier alpha value is -1.69. The summed E-state index contributed by atoms with van der Waals surface area (Å²) in [7, 11) is 1.54. The lowest BCUT2D eigenvalue weighted by molar-refractivity contribution is -0.0202. The maximum atomic E-state index is 11.2. The third-order valence-corrected chi connectivity index (χ3v) is 3.01. The number of nitrogens with zero attached hydrogens (tertiary/aromatic N) is 2. The first-order valence-corrected chi connectivity index (χ1v) is 5.65. The second kappa shape index (κ2) is 4.67. The Morgan fingerprint density at radius 2 is 2.24 bits per heavy atom. The van der Waals surface area contributed by atoms with Gasteiger partial charge in [-0.2, -0.15) is 0 Å². The highest BCUT2D eigenvalue weighted by Gasteiger charge is 2.34. The van der Waals surface area contributed by atoms with Gasteiger partial charge in [0, 0.05) is 13.6 Å². The summed E-state index contributed by atoms with van der Waals surface area (Å²) in [6.07, 6.45) is 2.72. The molecule has 0 aliphatic heterocycles. The van der Waals surface area contributed by atoms with Crippen LogP contribution in [0.3, 0.4) is 0 Å². The number of anilines is 1. The second-order valence-corrected chi connectivity index (χ2v) is 4.31. The van der Waals surface area contributed by atoms with Crippen molar-refractivity contribution in [1.82, 2.24) is 15.5 Å². The molecule has 1 saturated carbocycles. The molecule has 6 nitrogen and oxygen atoms in total. The van der Waals surface area contributed by atoms with Crippen LogP contribution < -0.4 is 10.6 Å². The molecule has 3 N–H and O–H groups in total. The van der Waals surface area contributed by atoms with Gasteiger partial charge in [-0.3, -0.25) is 4.79 Å². The van der Waals surface area contributed by atoms with Crippen molar-refractivity contribution in [2.75, 3.05) is 18.9 Å². The van der Waals surface area contributed by atoms with Gasteiger partial charge in [-0.05, 0) is 31.4 Å². The molecule has 2 rings (SSSR count). The summed E-state index contributed by atoms with van der Waals surface area (Å²) in [6, 6.07) is 3.28. The van der Waals surface area contributed by atoms with Crippen LogP contribution in [0.2, 0.25) is 0 Å². The number of carbonyl (C=O) groups is 1. The minimum absolute atomic E-state index is 0.262. The number of carbonyl (C=O) groups excluding carboxylic acids is 1. The van der Waals surface area contributed by atoms with Crippen molar-refractivity contribution >= 4 is 11.7 Å². The Bertz CT molecular complexity index is 400. The van der Waals surface area contributed by atoms with Gasteiger partial charge >= 0.3 is 0 Å². The number of nitrogens with one attached hydrogen (secondary N) is 2. The Labute approximate surface area is 99.4 Å². The van der Waals surface area contributed by atoms with Crippen molar-refractivity contribution in [2.45, 2.75) is 24.9 Å². The van der Waals surface area contributed by atoms with E-state index in [2.05, 4.69) is 20.8 Å². The molecule has 0 bridgehead atoms. The molecule has 1 aromatic heterocycles. The Balaban J connectivity index is 1.91. The van der Waals surface area contributed by atoms with Crippen LogP contribution in [0.15, 0.2) is 12.1 Å². The van der Waals surface area contributed by atoms with Crippen LogP contribution in [-0.2, 0) is 0 Å². The highest BCUT2D eigenvalue weighted by atomic mass is 16.3. The summed E-state index contributed by atoms with van der Waals surface area (Å²) in [5.41, 5.74) is -0.318. The molecule has 92 valence electrons. The van der Waals surface area contributed by atoms with E-state index in [0.29, 0.717) is 12.4 Å². The molecule has 1 heterocycles. The van der Waals surface area contributed by atoms with Gasteiger partial charge in [0.05, 0.1) is 5.60 Å². The number of aliphatic hydroxyl groups is 1.